The number of carboxylic acids is 1. The second kappa shape index (κ2) is 10.8. The number of amides is 2. The Morgan fingerprint density at radius 1 is 0.914 bits per heavy atom. The lowest BCUT2D eigenvalue weighted by Crippen LogP contribution is -2.43. The number of fused-ring (bicyclic) bond motifs is 3. The molecule has 2 amide bonds. The van der Waals surface area contributed by atoms with Crippen molar-refractivity contribution in [2.45, 2.75) is 18.5 Å². The number of alkyl carbamates (subject to hydrolysis) is 1. The summed E-state index contributed by atoms with van der Waals surface area (Å²) in [7, 11) is 1.36. The van der Waals surface area contributed by atoms with E-state index in [1.165, 1.54) is 7.11 Å². The fourth-order valence-electron chi connectivity index (χ4n) is 4.18. The number of methoxy groups -OCH3 is 1. The van der Waals surface area contributed by atoms with E-state index in [1.807, 2.05) is 24.3 Å². The number of hydrogen-bond donors (Lipinski definition) is 3. The number of carbonyl (C=O) groups is 3. The van der Waals surface area contributed by atoms with Crippen LogP contribution in [0.3, 0.4) is 0 Å². The van der Waals surface area contributed by atoms with E-state index >= 15 is 0 Å². The summed E-state index contributed by atoms with van der Waals surface area (Å²) in [6.07, 6.45) is -0.530. The van der Waals surface area contributed by atoms with Gasteiger partial charge in [-0.25, -0.2) is 9.59 Å². The van der Waals surface area contributed by atoms with Crippen LogP contribution < -0.4 is 10.6 Å². The molecule has 1 aliphatic carbocycles. The van der Waals surface area contributed by atoms with Crippen LogP contribution in [0.15, 0.2) is 72.8 Å². The minimum absolute atomic E-state index is 0.0151. The summed E-state index contributed by atoms with van der Waals surface area (Å²) in [5, 5.41) is 14.3. The number of benzene rings is 3. The highest BCUT2D eigenvalue weighted by Gasteiger charge is 2.29. The van der Waals surface area contributed by atoms with Crippen molar-refractivity contribution in [3.63, 3.8) is 0 Å². The summed E-state index contributed by atoms with van der Waals surface area (Å²) in [4.78, 5) is 35.8. The van der Waals surface area contributed by atoms with Crippen LogP contribution in [0, 0.1) is 0 Å². The second-order valence-electron chi connectivity index (χ2n) is 8.20. The third-order valence-corrected chi connectivity index (χ3v) is 5.93. The first-order valence-electron chi connectivity index (χ1n) is 11.2. The highest BCUT2D eigenvalue weighted by Crippen LogP contribution is 2.44. The molecule has 0 radical (unpaired) electrons. The van der Waals surface area contributed by atoms with Crippen LogP contribution in [-0.2, 0) is 20.8 Å². The van der Waals surface area contributed by atoms with Gasteiger partial charge in [0.05, 0.1) is 6.61 Å². The Hall–Kier alpha value is -4.17. The highest BCUT2D eigenvalue weighted by atomic mass is 16.5. The topological polar surface area (TPSA) is 114 Å². The lowest BCUT2D eigenvalue weighted by atomic mass is 9.98. The summed E-state index contributed by atoms with van der Waals surface area (Å²) < 4.78 is 10.3. The molecular weight excluding hydrogens is 448 g/mol. The summed E-state index contributed by atoms with van der Waals surface area (Å²) in [5.74, 6) is -1.71. The molecule has 35 heavy (non-hydrogen) atoms. The molecule has 1 aliphatic rings. The number of hydrogen-bond acceptors (Lipinski definition) is 5. The molecule has 8 heteroatoms. The van der Waals surface area contributed by atoms with Crippen molar-refractivity contribution >= 4 is 18.0 Å². The SMILES string of the molecule is COC[C@H](NC(=O)c1ccc(CNC(=O)OCC2c3ccccc3-c3ccccc32)cc1)C(=O)O. The molecule has 0 saturated carbocycles. The van der Waals surface area contributed by atoms with Crippen LogP contribution in [0.5, 0.6) is 0 Å². The molecule has 0 spiro atoms. The summed E-state index contributed by atoms with van der Waals surface area (Å²) >= 11 is 0. The number of nitrogens with one attached hydrogen (secondary N) is 2. The molecule has 3 aromatic carbocycles. The van der Waals surface area contributed by atoms with E-state index in [2.05, 4.69) is 34.9 Å². The Morgan fingerprint density at radius 2 is 1.51 bits per heavy atom. The molecule has 0 aromatic heterocycles. The van der Waals surface area contributed by atoms with E-state index in [4.69, 9.17) is 14.6 Å². The van der Waals surface area contributed by atoms with Crippen LogP contribution in [0.25, 0.3) is 11.1 Å². The van der Waals surface area contributed by atoms with E-state index in [0.29, 0.717) is 5.56 Å². The van der Waals surface area contributed by atoms with Crippen LogP contribution in [0.4, 0.5) is 4.79 Å². The first-order chi connectivity index (χ1) is 17.0. The quantitative estimate of drug-likeness (QED) is 0.437. The van der Waals surface area contributed by atoms with Gasteiger partial charge in [-0.2, -0.15) is 0 Å². The highest BCUT2D eigenvalue weighted by molar-refractivity contribution is 5.96. The van der Waals surface area contributed by atoms with Crippen molar-refractivity contribution in [2.75, 3.05) is 20.3 Å². The Labute approximate surface area is 202 Å². The summed E-state index contributed by atoms with van der Waals surface area (Å²) in [6.45, 7) is 0.314. The molecule has 0 aliphatic heterocycles. The largest absolute Gasteiger partial charge is 0.480 e. The maximum atomic E-state index is 12.4. The minimum atomic E-state index is -1.18. The zero-order valence-electron chi connectivity index (χ0n) is 19.2. The van der Waals surface area contributed by atoms with E-state index < -0.39 is 24.0 Å². The van der Waals surface area contributed by atoms with Crippen LogP contribution >= 0.6 is 0 Å². The minimum Gasteiger partial charge on any atom is -0.480 e. The van der Waals surface area contributed by atoms with Gasteiger partial charge in [-0.3, -0.25) is 4.79 Å². The molecule has 0 unspecified atom stereocenters. The predicted molar refractivity (Wildman–Crippen MR) is 129 cm³/mol. The lowest BCUT2D eigenvalue weighted by Gasteiger charge is -2.15. The van der Waals surface area contributed by atoms with Gasteiger partial charge in [0, 0.05) is 25.1 Å². The number of carbonyl (C=O) groups excluding carboxylic acids is 2. The van der Waals surface area contributed by atoms with Crippen molar-refractivity contribution in [3.8, 4) is 11.1 Å². The van der Waals surface area contributed by atoms with Gasteiger partial charge >= 0.3 is 12.1 Å². The van der Waals surface area contributed by atoms with Gasteiger partial charge in [0.1, 0.15) is 6.61 Å². The van der Waals surface area contributed by atoms with Gasteiger partial charge < -0.3 is 25.2 Å². The van der Waals surface area contributed by atoms with Gasteiger partial charge in [0.2, 0.25) is 0 Å². The normalized spacial score (nSPS) is 12.8. The van der Waals surface area contributed by atoms with Crippen molar-refractivity contribution in [3.05, 3.63) is 95.1 Å². The second-order valence-corrected chi connectivity index (χ2v) is 8.20. The van der Waals surface area contributed by atoms with E-state index in [-0.39, 0.29) is 25.7 Å². The number of aliphatic carboxylic acids is 1. The van der Waals surface area contributed by atoms with Crippen LogP contribution in [0.2, 0.25) is 0 Å². The van der Waals surface area contributed by atoms with E-state index in [0.717, 1.165) is 27.8 Å². The number of carboxylic acid groups (broad SMARTS) is 1. The summed E-state index contributed by atoms with van der Waals surface area (Å²) in [6, 6.07) is 21.6. The van der Waals surface area contributed by atoms with E-state index in [1.54, 1.807) is 24.3 Å². The van der Waals surface area contributed by atoms with Crippen molar-refractivity contribution < 1.29 is 29.0 Å². The monoisotopic (exact) mass is 474 g/mol. The van der Waals surface area contributed by atoms with Gasteiger partial charge in [0.15, 0.2) is 6.04 Å². The molecule has 180 valence electrons. The molecule has 0 fully saturated rings. The Balaban J connectivity index is 1.30. The third kappa shape index (κ3) is 5.50. The average molecular weight is 475 g/mol. The number of rotatable bonds is 9. The smallest absolute Gasteiger partial charge is 0.407 e. The van der Waals surface area contributed by atoms with Crippen LogP contribution in [-0.4, -0.2) is 49.4 Å². The maximum Gasteiger partial charge on any atom is 0.407 e. The van der Waals surface area contributed by atoms with Crippen LogP contribution in [0.1, 0.15) is 33.0 Å². The fraction of sp³-hybridized carbons (Fsp3) is 0.222. The third-order valence-electron chi connectivity index (χ3n) is 5.93. The molecule has 0 saturated heterocycles. The van der Waals surface area contributed by atoms with Gasteiger partial charge in [0.25, 0.3) is 5.91 Å². The van der Waals surface area contributed by atoms with Gasteiger partial charge in [-0.05, 0) is 39.9 Å². The molecule has 3 aromatic rings. The molecular formula is C27H26N2O6. The standard InChI is InChI=1S/C27H26N2O6/c1-34-16-24(26(31)32)29-25(30)18-12-10-17(11-13-18)14-28-27(33)35-15-23-21-8-4-2-6-19(21)20-7-3-5-9-22(20)23/h2-13,23-24H,14-16H2,1H3,(H,28,33)(H,29,30)(H,31,32)/t24-/m0/s1. The van der Waals surface area contributed by atoms with Crippen molar-refractivity contribution in [1.82, 2.24) is 10.6 Å². The molecule has 3 N–H and O–H groups in total. The Bertz CT molecular complexity index is 1180. The summed E-state index contributed by atoms with van der Waals surface area (Å²) in [5.41, 5.74) is 5.69. The molecule has 1 atom stereocenters. The van der Waals surface area contributed by atoms with Gasteiger partial charge in [-0.15, -0.1) is 0 Å². The molecule has 8 nitrogen and oxygen atoms in total. The van der Waals surface area contributed by atoms with Gasteiger partial charge in [-0.1, -0.05) is 60.7 Å². The molecule has 0 heterocycles. The molecule has 0 bridgehead atoms. The fourth-order valence-corrected chi connectivity index (χ4v) is 4.18. The Morgan fingerprint density at radius 3 is 2.09 bits per heavy atom. The average Bonchev–Trinajstić information content (AvgIpc) is 3.20. The predicted octanol–water partition coefficient (Wildman–Crippen LogP) is 3.55. The van der Waals surface area contributed by atoms with Crippen molar-refractivity contribution in [1.29, 1.82) is 0 Å². The lowest BCUT2D eigenvalue weighted by molar-refractivity contribution is -0.140. The van der Waals surface area contributed by atoms with Crippen molar-refractivity contribution in [2.24, 2.45) is 0 Å². The first kappa shape index (κ1) is 24.0. The zero-order chi connectivity index (χ0) is 24.8. The zero-order valence-corrected chi connectivity index (χ0v) is 19.2. The molecule has 4 rings (SSSR count). The van der Waals surface area contributed by atoms with E-state index in [9.17, 15) is 14.4 Å². The number of ether oxygens (including phenoxy) is 2. The maximum absolute atomic E-state index is 12.4. The first-order valence-corrected chi connectivity index (χ1v) is 11.2. The Kier molecular flexibility index (Phi) is 7.42.